The predicted molar refractivity (Wildman–Crippen MR) is 129 cm³/mol. The molecule has 8 nitrogen and oxygen atoms in total. The minimum absolute atomic E-state index is 0.0817. The van der Waals surface area contributed by atoms with Crippen molar-refractivity contribution >= 4 is 5.97 Å². The van der Waals surface area contributed by atoms with Crippen LogP contribution in [0.4, 0.5) is 0 Å². The molecule has 1 aromatic carbocycles. The third-order valence-electron chi connectivity index (χ3n) is 7.21. The van der Waals surface area contributed by atoms with E-state index >= 15 is 0 Å². The van der Waals surface area contributed by atoms with Crippen LogP contribution in [-0.4, -0.2) is 48.7 Å². The van der Waals surface area contributed by atoms with E-state index in [0.29, 0.717) is 32.1 Å². The Kier molecular flexibility index (Phi) is 6.48. The van der Waals surface area contributed by atoms with E-state index in [1.54, 1.807) is 14.2 Å². The summed E-state index contributed by atoms with van der Waals surface area (Å²) in [4.78, 5) is 24.3. The maximum Gasteiger partial charge on any atom is 0.341 e. The Morgan fingerprint density at radius 3 is 2.47 bits per heavy atom. The number of hydrogen-bond donors (Lipinski definition) is 1. The third-order valence-corrected chi connectivity index (χ3v) is 7.21. The zero-order valence-corrected chi connectivity index (χ0v) is 20.6. The summed E-state index contributed by atoms with van der Waals surface area (Å²) in [7, 11) is 3.36. The van der Waals surface area contributed by atoms with E-state index in [4.69, 9.17) is 14.2 Å². The van der Waals surface area contributed by atoms with Gasteiger partial charge in [0.15, 0.2) is 5.43 Å². The van der Waals surface area contributed by atoms with E-state index < -0.39 is 11.4 Å². The van der Waals surface area contributed by atoms with E-state index in [-0.39, 0.29) is 16.5 Å². The first-order valence-electron chi connectivity index (χ1n) is 11.7. The van der Waals surface area contributed by atoms with Crippen molar-refractivity contribution in [3.63, 3.8) is 0 Å². The number of pyridine rings is 1. The minimum atomic E-state index is -1.23. The first kappa shape index (κ1) is 24.3. The van der Waals surface area contributed by atoms with Crippen LogP contribution in [0.3, 0.4) is 0 Å². The van der Waals surface area contributed by atoms with Crippen LogP contribution in [-0.2, 0) is 22.6 Å². The highest BCUT2D eigenvalue weighted by Crippen LogP contribution is 2.46. The number of carboxylic acids is 1. The van der Waals surface area contributed by atoms with Gasteiger partial charge in [-0.25, -0.2) is 4.79 Å². The van der Waals surface area contributed by atoms with E-state index in [9.17, 15) is 14.7 Å². The molecule has 1 aromatic heterocycles. The summed E-state index contributed by atoms with van der Waals surface area (Å²) in [5, 5.41) is 11.7. The van der Waals surface area contributed by atoms with Crippen molar-refractivity contribution in [1.82, 2.24) is 4.68 Å². The number of rotatable bonds is 10. The lowest BCUT2D eigenvalue weighted by molar-refractivity contribution is 0.0694. The zero-order chi connectivity index (χ0) is 24.7. The second-order valence-corrected chi connectivity index (χ2v) is 10.1. The van der Waals surface area contributed by atoms with Gasteiger partial charge in [0.2, 0.25) is 0 Å². The van der Waals surface area contributed by atoms with Crippen molar-refractivity contribution in [3.05, 3.63) is 51.3 Å². The Balaban J connectivity index is 1.82. The maximum absolute atomic E-state index is 12.7. The van der Waals surface area contributed by atoms with Crippen LogP contribution in [0.25, 0.3) is 11.3 Å². The Morgan fingerprint density at radius 1 is 1.15 bits per heavy atom. The highest BCUT2D eigenvalue weighted by atomic mass is 16.5. The fourth-order valence-electron chi connectivity index (χ4n) is 4.49. The summed E-state index contributed by atoms with van der Waals surface area (Å²) >= 11 is 0. The molecule has 8 heteroatoms. The molecule has 0 amide bonds. The number of benzene rings is 1. The number of carboxylic acid groups (broad SMARTS) is 1. The van der Waals surface area contributed by atoms with Gasteiger partial charge in [-0.3, -0.25) is 9.47 Å². The molecular formula is C26H34N2O6. The topological polar surface area (TPSA) is 90.2 Å². The van der Waals surface area contributed by atoms with Crippen LogP contribution in [0.2, 0.25) is 0 Å². The molecule has 0 spiro atoms. The maximum atomic E-state index is 12.7. The van der Waals surface area contributed by atoms with Gasteiger partial charge >= 0.3 is 5.97 Å². The number of ether oxygens (including phenoxy) is 3. The molecule has 1 aliphatic carbocycles. The van der Waals surface area contributed by atoms with Gasteiger partial charge in [0.1, 0.15) is 11.3 Å². The highest BCUT2D eigenvalue weighted by Gasteiger charge is 2.44. The van der Waals surface area contributed by atoms with Crippen molar-refractivity contribution in [2.75, 3.05) is 32.4 Å². The standard InChI is InChI=1S/C26H34N2O6/c1-6-25(2,3)28-12-17-10-23(34-16-26(7-8-26)15-33-5)18(14-32-4)9-19(17)21-11-22(29)20(24(30)31)13-27(21)28/h9-11,13H,6-8,12,14-16H2,1-5H3,(H,30,31). The molecule has 1 aliphatic heterocycles. The van der Waals surface area contributed by atoms with E-state index in [2.05, 4.69) is 25.8 Å². The van der Waals surface area contributed by atoms with Crippen LogP contribution in [0, 0.1) is 5.41 Å². The molecule has 1 fully saturated rings. The molecule has 0 radical (unpaired) electrons. The summed E-state index contributed by atoms with van der Waals surface area (Å²) in [5.74, 6) is -0.454. The molecule has 184 valence electrons. The number of nitrogens with zero attached hydrogens (tertiary/aromatic N) is 2. The van der Waals surface area contributed by atoms with E-state index in [1.807, 2.05) is 16.8 Å². The molecule has 4 rings (SSSR count). The molecule has 1 N–H and O–H groups in total. The van der Waals surface area contributed by atoms with Crippen LogP contribution >= 0.6 is 0 Å². The highest BCUT2D eigenvalue weighted by molar-refractivity contribution is 5.88. The fraction of sp³-hybridized carbons (Fsp3) is 0.538. The van der Waals surface area contributed by atoms with Gasteiger partial charge in [-0.15, -0.1) is 0 Å². The Labute approximate surface area is 200 Å². The number of fused-ring (bicyclic) bond motifs is 3. The molecule has 0 bridgehead atoms. The van der Waals surface area contributed by atoms with Gasteiger partial charge in [-0.1, -0.05) is 6.92 Å². The van der Waals surface area contributed by atoms with Crippen LogP contribution in [0.15, 0.2) is 29.2 Å². The second-order valence-electron chi connectivity index (χ2n) is 10.1. The van der Waals surface area contributed by atoms with Gasteiger partial charge in [0.25, 0.3) is 0 Å². The van der Waals surface area contributed by atoms with Gasteiger partial charge in [-0.2, -0.15) is 0 Å². The molecule has 2 heterocycles. The second kappa shape index (κ2) is 9.07. The van der Waals surface area contributed by atoms with Crippen molar-refractivity contribution in [1.29, 1.82) is 0 Å². The molecule has 0 saturated heterocycles. The largest absolute Gasteiger partial charge is 0.493 e. The van der Waals surface area contributed by atoms with Crippen molar-refractivity contribution in [3.8, 4) is 17.0 Å². The third kappa shape index (κ3) is 4.44. The molecule has 34 heavy (non-hydrogen) atoms. The average Bonchev–Trinajstić information content (AvgIpc) is 3.56. The summed E-state index contributed by atoms with van der Waals surface area (Å²) < 4.78 is 19.0. The van der Waals surface area contributed by atoms with E-state index in [1.165, 1.54) is 12.3 Å². The van der Waals surface area contributed by atoms with Crippen molar-refractivity contribution < 1.29 is 24.1 Å². The van der Waals surface area contributed by atoms with Crippen LogP contribution in [0.1, 0.15) is 61.5 Å². The first-order chi connectivity index (χ1) is 16.1. The quantitative estimate of drug-likeness (QED) is 0.565. The van der Waals surface area contributed by atoms with Crippen molar-refractivity contribution in [2.24, 2.45) is 5.41 Å². The number of hydrogen-bond acceptors (Lipinski definition) is 6. The van der Waals surface area contributed by atoms with E-state index in [0.717, 1.165) is 41.7 Å². The average molecular weight is 471 g/mol. The summed E-state index contributed by atoms with van der Waals surface area (Å²) in [5.41, 5.74) is 2.51. The molecular weight excluding hydrogens is 436 g/mol. The summed E-state index contributed by atoms with van der Waals surface area (Å²) in [6.45, 7) is 8.49. The first-order valence-corrected chi connectivity index (χ1v) is 11.7. The minimum Gasteiger partial charge on any atom is -0.493 e. The number of aromatic carboxylic acids is 1. The predicted octanol–water partition coefficient (Wildman–Crippen LogP) is 3.81. The Hall–Kier alpha value is -2.84. The Morgan fingerprint density at radius 2 is 1.88 bits per heavy atom. The monoisotopic (exact) mass is 470 g/mol. The number of methoxy groups -OCH3 is 2. The van der Waals surface area contributed by atoms with Crippen LogP contribution in [0.5, 0.6) is 5.75 Å². The van der Waals surface area contributed by atoms with Gasteiger partial charge in [0.05, 0.1) is 37.6 Å². The van der Waals surface area contributed by atoms with Gasteiger partial charge in [0, 0.05) is 43.0 Å². The lowest BCUT2D eigenvalue weighted by atomic mass is 9.94. The van der Waals surface area contributed by atoms with Crippen molar-refractivity contribution in [2.45, 2.75) is 58.7 Å². The summed E-state index contributed by atoms with van der Waals surface area (Å²) in [6.07, 6.45) is 4.46. The van der Waals surface area contributed by atoms with Gasteiger partial charge < -0.3 is 24.3 Å². The molecule has 0 atom stereocenters. The van der Waals surface area contributed by atoms with Crippen LogP contribution < -0.4 is 15.2 Å². The number of aromatic nitrogens is 1. The summed E-state index contributed by atoms with van der Waals surface area (Å²) in [6, 6.07) is 5.48. The molecule has 2 aliphatic rings. The zero-order valence-electron chi connectivity index (χ0n) is 20.6. The normalized spacial score (nSPS) is 16.1. The molecule has 0 unspecified atom stereocenters. The molecule has 1 saturated carbocycles. The smallest absolute Gasteiger partial charge is 0.341 e. The van der Waals surface area contributed by atoms with Gasteiger partial charge in [-0.05, 0) is 50.8 Å². The fourth-order valence-corrected chi connectivity index (χ4v) is 4.49. The number of carbonyl (C=O) groups is 1. The Bertz CT molecular complexity index is 1150. The molecule has 2 aromatic rings. The lowest BCUT2D eigenvalue weighted by Crippen LogP contribution is -2.52. The SMILES string of the molecule is CCC(C)(C)N1Cc2cc(OCC3(COC)CC3)c(COC)cc2-c2cc(=O)c(C(=O)O)cn21. The lowest BCUT2D eigenvalue weighted by Gasteiger charge is -2.45.